The van der Waals surface area contributed by atoms with Crippen molar-refractivity contribution in [2.75, 3.05) is 25.7 Å². The lowest BCUT2D eigenvalue weighted by molar-refractivity contribution is -0.133. The number of carbonyl (C=O) groups is 4. The van der Waals surface area contributed by atoms with Crippen molar-refractivity contribution < 1.29 is 19.2 Å². The maximum absolute atomic E-state index is 12.0. The molecule has 12 nitrogen and oxygen atoms in total. The van der Waals surface area contributed by atoms with Gasteiger partial charge in [-0.25, -0.2) is 32.7 Å². The van der Waals surface area contributed by atoms with Crippen molar-refractivity contribution >= 4 is 40.9 Å². The van der Waals surface area contributed by atoms with E-state index >= 15 is 0 Å². The Morgan fingerprint density at radius 1 is 1.16 bits per heavy atom. The highest BCUT2D eigenvalue weighted by molar-refractivity contribution is 6.29. The number of benzene rings is 1. The first-order valence-corrected chi connectivity index (χ1v) is 10.1. The summed E-state index contributed by atoms with van der Waals surface area (Å²) in [7, 11) is 3.39. The zero-order valence-corrected chi connectivity index (χ0v) is 19.3. The molecule has 0 bridgehead atoms. The third-order valence-corrected chi connectivity index (χ3v) is 4.24. The van der Waals surface area contributed by atoms with Gasteiger partial charge >= 0.3 is 0 Å². The molecule has 0 aliphatic heterocycles. The van der Waals surface area contributed by atoms with Gasteiger partial charge in [0.1, 0.15) is 5.88 Å². The Morgan fingerprint density at radius 3 is 2.22 bits per heavy atom. The Bertz CT molecular complexity index is 843. The lowest BCUT2D eigenvalue weighted by Gasteiger charge is -2.19. The Balaban J connectivity index is 0.000000649. The van der Waals surface area contributed by atoms with E-state index in [1.807, 2.05) is 18.4 Å². The van der Waals surface area contributed by atoms with Crippen molar-refractivity contribution in [3.8, 4) is 0 Å². The van der Waals surface area contributed by atoms with Crippen molar-refractivity contribution in [2.24, 2.45) is 11.7 Å². The van der Waals surface area contributed by atoms with E-state index in [0.717, 1.165) is 18.4 Å². The molecule has 1 rings (SSSR count). The second-order valence-electron chi connectivity index (χ2n) is 6.21. The molecule has 9 N–H and O–H groups in total. The number of rotatable bonds is 8. The number of alkyl halides is 1. The summed E-state index contributed by atoms with van der Waals surface area (Å²) in [6.45, 7) is 3.90. The highest BCUT2D eigenvalue weighted by Crippen LogP contribution is 2.18. The molecule has 1 aromatic carbocycles. The van der Waals surface area contributed by atoms with Crippen molar-refractivity contribution in [2.45, 2.75) is 26.7 Å². The van der Waals surface area contributed by atoms with Crippen LogP contribution in [0.1, 0.15) is 47.4 Å². The van der Waals surface area contributed by atoms with Crippen LogP contribution in [-0.4, -0.2) is 53.7 Å². The van der Waals surface area contributed by atoms with Crippen LogP contribution in [0.2, 0.25) is 0 Å². The zero-order valence-electron chi connectivity index (χ0n) is 18.6. The van der Waals surface area contributed by atoms with Gasteiger partial charge in [0.2, 0.25) is 0 Å². The number of anilines is 1. The smallest absolute Gasteiger partial charge is 0.278 e. The lowest BCUT2D eigenvalue weighted by atomic mass is 10.0. The van der Waals surface area contributed by atoms with Crippen molar-refractivity contribution in [3.05, 3.63) is 41.0 Å². The fourth-order valence-electron chi connectivity index (χ4n) is 2.32. The second-order valence-corrected chi connectivity index (χ2v) is 6.48. The molecule has 0 heterocycles. The van der Waals surface area contributed by atoms with Gasteiger partial charge in [0.25, 0.3) is 23.6 Å². The Kier molecular flexibility index (Phi) is 13.5. The van der Waals surface area contributed by atoms with E-state index in [9.17, 15) is 19.2 Å². The summed E-state index contributed by atoms with van der Waals surface area (Å²) in [4.78, 5) is 46.4. The predicted octanol–water partition coefficient (Wildman–Crippen LogP) is -0.216. The number of hydrazine groups is 4. The molecule has 0 unspecified atom stereocenters. The van der Waals surface area contributed by atoms with Gasteiger partial charge in [0.05, 0.1) is 11.1 Å². The van der Waals surface area contributed by atoms with Gasteiger partial charge < -0.3 is 5.73 Å². The molecule has 0 saturated heterocycles. The highest BCUT2D eigenvalue weighted by Gasteiger charge is 2.25. The van der Waals surface area contributed by atoms with Crippen LogP contribution in [0, 0.1) is 0 Å². The Labute approximate surface area is 192 Å². The number of nitrogens with two attached hydrogens (primary N) is 3. The van der Waals surface area contributed by atoms with Gasteiger partial charge in [0, 0.05) is 25.4 Å². The van der Waals surface area contributed by atoms with Gasteiger partial charge in [-0.15, -0.1) is 11.6 Å². The van der Waals surface area contributed by atoms with E-state index in [2.05, 4.69) is 17.8 Å². The van der Waals surface area contributed by atoms with Gasteiger partial charge in [-0.1, -0.05) is 25.5 Å². The predicted molar refractivity (Wildman–Crippen MR) is 122 cm³/mol. The van der Waals surface area contributed by atoms with Crippen LogP contribution < -0.4 is 33.7 Å². The van der Waals surface area contributed by atoms with Crippen molar-refractivity contribution in [1.29, 1.82) is 0 Å². The molecular weight excluding hydrogens is 440 g/mol. The summed E-state index contributed by atoms with van der Waals surface area (Å²) in [5.41, 5.74) is 13.4. The molecule has 0 radical (unpaired) electrons. The SMILES string of the molecule is CCCC=C(C)C(=O)N(NC)NC.NNC(=O)c1c(N)cccc1C(=O)N(N)C(=O)CCl. The molecule has 1 aromatic rings. The molecule has 0 fully saturated rings. The van der Waals surface area contributed by atoms with Crippen LogP contribution >= 0.6 is 11.6 Å². The number of nitrogen functional groups attached to an aromatic ring is 2. The van der Waals surface area contributed by atoms with Crippen molar-refractivity contribution in [3.63, 3.8) is 0 Å². The molecule has 4 amide bonds. The lowest BCUT2D eigenvalue weighted by Crippen LogP contribution is -2.48. The van der Waals surface area contributed by atoms with Crippen LogP contribution in [0.15, 0.2) is 29.8 Å². The standard InChI is InChI=1S/C10H12ClN5O3.C9H19N3O/c11-4-7(17)16(14)10(19)5-2-1-3-6(12)8(5)9(18)15-13;1-5-6-7-8(2)9(13)12(10-3)11-4/h1-3H,4,12-14H2,(H,15,18);7,10-11H,5-6H2,1-4H3. The monoisotopic (exact) mass is 470 g/mol. The number of nitrogens with one attached hydrogen (secondary N) is 3. The molecule has 32 heavy (non-hydrogen) atoms. The molecule has 0 aliphatic carbocycles. The van der Waals surface area contributed by atoms with E-state index in [4.69, 9.17) is 29.0 Å². The van der Waals surface area contributed by atoms with Gasteiger partial charge in [0.15, 0.2) is 0 Å². The summed E-state index contributed by atoms with van der Waals surface area (Å²) >= 11 is 5.29. The average Bonchev–Trinajstić information content (AvgIpc) is 2.81. The fourth-order valence-corrected chi connectivity index (χ4v) is 2.45. The first-order valence-electron chi connectivity index (χ1n) is 9.54. The van der Waals surface area contributed by atoms with Crippen LogP contribution in [0.5, 0.6) is 0 Å². The minimum absolute atomic E-state index is 0.0283. The summed E-state index contributed by atoms with van der Waals surface area (Å²) in [5, 5.41) is 1.66. The molecule has 0 atom stereocenters. The van der Waals surface area contributed by atoms with E-state index in [1.165, 1.54) is 23.3 Å². The second kappa shape index (κ2) is 14.9. The summed E-state index contributed by atoms with van der Waals surface area (Å²) in [5.74, 6) is 7.31. The number of allylic oxidation sites excluding steroid dienone is 1. The van der Waals surface area contributed by atoms with E-state index in [0.29, 0.717) is 5.01 Å². The van der Waals surface area contributed by atoms with Crippen LogP contribution in [0.3, 0.4) is 0 Å². The largest absolute Gasteiger partial charge is 0.398 e. The number of nitrogens with zero attached hydrogens (tertiary/aromatic N) is 2. The van der Waals surface area contributed by atoms with Gasteiger partial charge in [-0.3, -0.25) is 24.6 Å². The minimum atomic E-state index is -0.906. The number of hydrogen-bond acceptors (Lipinski definition) is 9. The van der Waals surface area contributed by atoms with Crippen LogP contribution in [0.4, 0.5) is 5.69 Å². The molecule has 13 heteroatoms. The number of carbonyl (C=O) groups excluding carboxylic acids is 4. The Hall–Kier alpha value is -3.03. The average molecular weight is 471 g/mol. The molecule has 178 valence electrons. The molecule has 0 saturated carbocycles. The third-order valence-electron chi connectivity index (χ3n) is 4.01. The van der Waals surface area contributed by atoms with E-state index < -0.39 is 23.6 Å². The maximum Gasteiger partial charge on any atom is 0.278 e. The van der Waals surface area contributed by atoms with Crippen LogP contribution in [0.25, 0.3) is 0 Å². The number of unbranched alkanes of at least 4 members (excludes halogenated alkanes) is 1. The highest BCUT2D eigenvalue weighted by atomic mass is 35.5. The molecule has 0 spiro atoms. The van der Waals surface area contributed by atoms with E-state index in [1.54, 1.807) is 14.1 Å². The summed E-state index contributed by atoms with van der Waals surface area (Å²) in [6, 6.07) is 4.14. The normalized spacial score (nSPS) is 10.5. The molecule has 0 aromatic heterocycles. The third kappa shape index (κ3) is 8.24. The molecule has 0 aliphatic rings. The minimum Gasteiger partial charge on any atom is -0.398 e. The van der Waals surface area contributed by atoms with Crippen molar-refractivity contribution in [1.82, 2.24) is 26.4 Å². The number of hydrogen-bond donors (Lipinski definition) is 6. The first-order chi connectivity index (χ1) is 15.1. The number of imide groups is 1. The quantitative estimate of drug-likeness (QED) is 0.0744. The summed E-state index contributed by atoms with van der Waals surface area (Å²) in [6.07, 6.45) is 3.95. The first kappa shape index (κ1) is 29.0. The summed E-state index contributed by atoms with van der Waals surface area (Å²) < 4.78 is 0. The van der Waals surface area contributed by atoms with E-state index in [-0.39, 0.29) is 22.7 Å². The van der Waals surface area contributed by atoms with Crippen LogP contribution in [-0.2, 0) is 9.59 Å². The zero-order chi connectivity index (χ0) is 24.8. The topological polar surface area (TPSA) is 189 Å². The maximum atomic E-state index is 12.0. The Morgan fingerprint density at radius 2 is 1.75 bits per heavy atom. The van der Waals surface area contributed by atoms with Gasteiger partial charge in [-0.05, 0) is 25.5 Å². The van der Waals surface area contributed by atoms with Gasteiger partial charge in [-0.2, -0.15) is 0 Å². The number of halogens is 1. The number of amides is 4. The fraction of sp³-hybridized carbons (Fsp3) is 0.368. The molecular formula is C19H31ClN8O4.